The molecular formula is C17H28N2O5. The Morgan fingerprint density at radius 3 is 2.17 bits per heavy atom. The second-order valence-corrected chi connectivity index (χ2v) is 7.45. The number of likely N-dealkylation sites (tertiary alicyclic amines) is 2. The van der Waals surface area contributed by atoms with Gasteiger partial charge in [0.15, 0.2) is 0 Å². The maximum Gasteiger partial charge on any atom is 0.410 e. The number of methoxy groups -OCH3 is 1. The summed E-state index contributed by atoms with van der Waals surface area (Å²) in [5, 5.41) is 0. The molecule has 2 amide bonds. The van der Waals surface area contributed by atoms with E-state index >= 15 is 0 Å². The number of hydrogen-bond donors (Lipinski definition) is 0. The average Bonchev–Trinajstić information content (AvgIpc) is 3.01. The number of piperidine rings is 1. The van der Waals surface area contributed by atoms with Gasteiger partial charge in [0.05, 0.1) is 13.0 Å². The van der Waals surface area contributed by atoms with E-state index in [0.717, 1.165) is 6.42 Å². The molecule has 0 aromatic heterocycles. The van der Waals surface area contributed by atoms with Gasteiger partial charge in [-0.2, -0.15) is 0 Å². The smallest absolute Gasteiger partial charge is 0.410 e. The van der Waals surface area contributed by atoms with Crippen LogP contribution in [-0.4, -0.2) is 66.2 Å². The molecule has 0 radical (unpaired) electrons. The molecule has 0 spiro atoms. The Kier molecular flexibility index (Phi) is 5.72. The van der Waals surface area contributed by atoms with Crippen molar-refractivity contribution in [3.63, 3.8) is 0 Å². The van der Waals surface area contributed by atoms with E-state index in [0.29, 0.717) is 38.9 Å². The minimum Gasteiger partial charge on any atom is -0.469 e. The molecule has 2 aliphatic heterocycles. The van der Waals surface area contributed by atoms with Crippen LogP contribution in [0.15, 0.2) is 0 Å². The molecule has 0 saturated carbocycles. The molecule has 7 heteroatoms. The lowest BCUT2D eigenvalue weighted by Gasteiger charge is -2.35. The van der Waals surface area contributed by atoms with E-state index < -0.39 is 17.7 Å². The molecule has 136 valence electrons. The Balaban J connectivity index is 1.94. The molecule has 2 rings (SSSR count). The lowest BCUT2D eigenvalue weighted by atomic mass is 9.96. The summed E-state index contributed by atoms with van der Waals surface area (Å²) >= 11 is 0. The first kappa shape index (κ1) is 18.5. The van der Waals surface area contributed by atoms with Crippen LogP contribution in [0.2, 0.25) is 0 Å². The summed E-state index contributed by atoms with van der Waals surface area (Å²) in [7, 11) is 1.39. The fraction of sp³-hybridized carbons (Fsp3) is 0.824. The van der Waals surface area contributed by atoms with E-state index in [1.165, 1.54) is 7.11 Å². The van der Waals surface area contributed by atoms with Crippen molar-refractivity contribution in [1.82, 2.24) is 9.80 Å². The van der Waals surface area contributed by atoms with Gasteiger partial charge in [-0.15, -0.1) is 0 Å². The Labute approximate surface area is 143 Å². The Morgan fingerprint density at radius 1 is 1.00 bits per heavy atom. The van der Waals surface area contributed by atoms with Gasteiger partial charge in [-0.05, 0) is 46.5 Å². The Bertz CT molecular complexity index is 492. The molecule has 2 saturated heterocycles. The van der Waals surface area contributed by atoms with Crippen LogP contribution >= 0.6 is 0 Å². The van der Waals surface area contributed by atoms with Crippen molar-refractivity contribution in [2.45, 2.75) is 58.1 Å². The van der Waals surface area contributed by atoms with Gasteiger partial charge in [-0.25, -0.2) is 4.79 Å². The van der Waals surface area contributed by atoms with E-state index in [4.69, 9.17) is 9.47 Å². The van der Waals surface area contributed by atoms with E-state index in [-0.39, 0.29) is 17.8 Å². The standard InChI is InChI=1S/C17H28N2O5/c1-17(2,3)24-16(22)19-9-5-6-13(19)14(20)18-10-7-12(8-11-18)15(21)23-4/h12-13H,5-11H2,1-4H3/t13-/m1/s1. The lowest BCUT2D eigenvalue weighted by molar-refractivity contribution is -0.149. The number of amides is 2. The van der Waals surface area contributed by atoms with Crippen molar-refractivity contribution in [3.8, 4) is 0 Å². The van der Waals surface area contributed by atoms with Crippen LogP contribution < -0.4 is 0 Å². The molecule has 0 aromatic carbocycles. The summed E-state index contributed by atoms with van der Waals surface area (Å²) in [6.07, 6.45) is 2.25. The van der Waals surface area contributed by atoms with Crippen LogP contribution in [0.25, 0.3) is 0 Å². The summed E-state index contributed by atoms with van der Waals surface area (Å²) in [5.41, 5.74) is -0.577. The maximum absolute atomic E-state index is 12.8. The molecule has 2 heterocycles. The number of ether oxygens (including phenoxy) is 2. The topological polar surface area (TPSA) is 76.2 Å². The Morgan fingerprint density at radius 2 is 1.62 bits per heavy atom. The van der Waals surface area contributed by atoms with Crippen molar-refractivity contribution in [1.29, 1.82) is 0 Å². The van der Waals surface area contributed by atoms with E-state index in [9.17, 15) is 14.4 Å². The van der Waals surface area contributed by atoms with Gasteiger partial charge in [0.1, 0.15) is 11.6 Å². The molecule has 2 fully saturated rings. The number of nitrogens with zero attached hydrogens (tertiary/aromatic N) is 2. The van der Waals surface area contributed by atoms with Crippen LogP contribution in [0, 0.1) is 5.92 Å². The van der Waals surface area contributed by atoms with Gasteiger partial charge in [0.25, 0.3) is 0 Å². The molecule has 0 aromatic rings. The molecule has 24 heavy (non-hydrogen) atoms. The highest BCUT2D eigenvalue weighted by atomic mass is 16.6. The van der Waals surface area contributed by atoms with Crippen molar-refractivity contribution < 1.29 is 23.9 Å². The van der Waals surface area contributed by atoms with Crippen molar-refractivity contribution in [3.05, 3.63) is 0 Å². The highest BCUT2D eigenvalue weighted by Crippen LogP contribution is 2.25. The molecule has 0 unspecified atom stereocenters. The minimum absolute atomic E-state index is 0.0401. The number of carbonyl (C=O) groups excluding carboxylic acids is 3. The van der Waals surface area contributed by atoms with Crippen LogP contribution in [0.4, 0.5) is 4.79 Å². The highest BCUT2D eigenvalue weighted by Gasteiger charge is 2.39. The number of esters is 1. The number of hydrogen-bond acceptors (Lipinski definition) is 5. The van der Waals surface area contributed by atoms with Crippen molar-refractivity contribution >= 4 is 18.0 Å². The lowest BCUT2D eigenvalue weighted by Crippen LogP contribution is -2.51. The van der Waals surface area contributed by atoms with Crippen LogP contribution in [0.3, 0.4) is 0 Å². The summed E-state index contributed by atoms with van der Waals surface area (Å²) in [6, 6.07) is -0.450. The van der Waals surface area contributed by atoms with E-state index in [2.05, 4.69) is 0 Å². The monoisotopic (exact) mass is 340 g/mol. The zero-order valence-corrected chi connectivity index (χ0v) is 15.0. The van der Waals surface area contributed by atoms with Gasteiger partial charge in [0, 0.05) is 19.6 Å². The Hall–Kier alpha value is -1.79. The second kappa shape index (κ2) is 7.40. The average molecular weight is 340 g/mol. The quantitative estimate of drug-likeness (QED) is 0.717. The van der Waals surface area contributed by atoms with Gasteiger partial charge < -0.3 is 14.4 Å². The van der Waals surface area contributed by atoms with Crippen molar-refractivity contribution in [2.75, 3.05) is 26.7 Å². The highest BCUT2D eigenvalue weighted by molar-refractivity contribution is 5.86. The molecule has 1 atom stereocenters. The molecule has 0 bridgehead atoms. The van der Waals surface area contributed by atoms with Crippen molar-refractivity contribution in [2.24, 2.45) is 5.92 Å². The van der Waals surface area contributed by atoms with Gasteiger partial charge >= 0.3 is 12.1 Å². The fourth-order valence-corrected chi connectivity index (χ4v) is 3.28. The van der Waals surface area contributed by atoms with Crippen LogP contribution in [0.5, 0.6) is 0 Å². The normalized spacial score (nSPS) is 22.4. The molecule has 2 aliphatic rings. The molecule has 7 nitrogen and oxygen atoms in total. The summed E-state index contributed by atoms with van der Waals surface area (Å²) in [5.74, 6) is -0.385. The zero-order valence-electron chi connectivity index (χ0n) is 15.0. The third-order valence-corrected chi connectivity index (χ3v) is 4.51. The first-order valence-corrected chi connectivity index (χ1v) is 8.59. The summed E-state index contributed by atoms with van der Waals surface area (Å²) in [6.45, 7) is 7.04. The largest absolute Gasteiger partial charge is 0.469 e. The van der Waals surface area contributed by atoms with Gasteiger partial charge in [0.2, 0.25) is 5.91 Å². The second-order valence-electron chi connectivity index (χ2n) is 7.45. The fourth-order valence-electron chi connectivity index (χ4n) is 3.28. The third-order valence-electron chi connectivity index (χ3n) is 4.51. The van der Waals surface area contributed by atoms with Crippen LogP contribution in [-0.2, 0) is 19.1 Å². The van der Waals surface area contributed by atoms with Crippen LogP contribution in [0.1, 0.15) is 46.5 Å². The maximum atomic E-state index is 12.8. The number of rotatable bonds is 2. The zero-order chi connectivity index (χ0) is 17.9. The minimum atomic E-state index is -0.577. The SMILES string of the molecule is COC(=O)C1CCN(C(=O)[C@H]2CCCN2C(=O)OC(C)(C)C)CC1. The molecule has 0 N–H and O–H groups in total. The molecule has 0 aliphatic carbocycles. The summed E-state index contributed by atoms with van der Waals surface area (Å²) in [4.78, 5) is 40.0. The number of carbonyl (C=O) groups is 3. The molecular weight excluding hydrogens is 312 g/mol. The van der Waals surface area contributed by atoms with E-state index in [1.807, 2.05) is 20.8 Å². The van der Waals surface area contributed by atoms with Gasteiger partial charge in [-0.3, -0.25) is 14.5 Å². The first-order valence-electron chi connectivity index (χ1n) is 8.59. The predicted molar refractivity (Wildman–Crippen MR) is 87.3 cm³/mol. The predicted octanol–water partition coefficient (Wildman–Crippen LogP) is 1.80. The van der Waals surface area contributed by atoms with E-state index in [1.54, 1.807) is 9.80 Å². The van der Waals surface area contributed by atoms with Gasteiger partial charge in [-0.1, -0.05) is 0 Å². The third kappa shape index (κ3) is 4.39. The first-order chi connectivity index (χ1) is 11.2. The summed E-state index contributed by atoms with van der Waals surface area (Å²) < 4.78 is 10.2.